The van der Waals surface area contributed by atoms with Crippen molar-refractivity contribution in [2.45, 2.75) is 48.7 Å². The maximum absolute atomic E-state index is 13.5. The Morgan fingerprint density at radius 3 is 2.75 bits per heavy atom. The van der Waals surface area contributed by atoms with Crippen molar-refractivity contribution in [1.29, 1.82) is 0 Å². The van der Waals surface area contributed by atoms with Gasteiger partial charge in [0.05, 0.1) is 30.3 Å². The topological polar surface area (TPSA) is 88.7 Å². The lowest BCUT2D eigenvalue weighted by atomic mass is 9.95. The van der Waals surface area contributed by atoms with Gasteiger partial charge < -0.3 is 20.7 Å². The highest BCUT2D eigenvalue weighted by Gasteiger charge is 2.34. The molecule has 1 saturated heterocycles. The summed E-state index contributed by atoms with van der Waals surface area (Å²) in [5.41, 5.74) is 7.64. The molecule has 0 radical (unpaired) electrons. The smallest absolute Gasteiger partial charge is 0.263 e. The Balaban J connectivity index is 1.36. The van der Waals surface area contributed by atoms with E-state index in [1.165, 1.54) is 41.9 Å². The highest BCUT2D eigenvalue weighted by atomic mass is 32.2. The van der Waals surface area contributed by atoms with Crippen LogP contribution in [0.3, 0.4) is 0 Å². The number of alkyl halides is 2. The Morgan fingerprint density at radius 1 is 1.19 bits per heavy atom. The standard InChI is InChI=1S/C26H30F2N6OS/c27-23(28)17-8-9-21-20(12-17)24(30-14-26(29)15-35-16-26)32-25(31-21)34-10-11-36(33-19-5-3-6-19)22-7-2-1-4-18(22)13-34/h1-2,4,7-9,12,19,23H,3,5-6,10-11,13-16,29H2,(H,30,31,32). The van der Waals surface area contributed by atoms with E-state index in [2.05, 4.69) is 34.5 Å². The largest absolute Gasteiger partial charge is 0.377 e. The van der Waals surface area contributed by atoms with Crippen molar-refractivity contribution in [3.8, 4) is 0 Å². The first-order valence-corrected chi connectivity index (χ1v) is 13.8. The molecule has 1 aromatic heterocycles. The Morgan fingerprint density at radius 2 is 2.03 bits per heavy atom. The van der Waals surface area contributed by atoms with E-state index in [4.69, 9.17) is 24.8 Å². The van der Waals surface area contributed by atoms with Crippen LogP contribution >= 0.6 is 0 Å². The molecule has 3 aromatic rings. The van der Waals surface area contributed by atoms with Crippen LogP contribution in [-0.2, 0) is 22.0 Å². The van der Waals surface area contributed by atoms with Crippen molar-refractivity contribution in [3.05, 3.63) is 53.6 Å². The van der Waals surface area contributed by atoms with Gasteiger partial charge in [-0.25, -0.2) is 13.8 Å². The number of anilines is 2. The summed E-state index contributed by atoms with van der Waals surface area (Å²) >= 11 is 0. The van der Waals surface area contributed by atoms with Gasteiger partial charge in [0.2, 0.25) is 5.95 Å². The van der Waals surface area contributed by atoms with Crippen LogP contribution in [0, 0.1) is 0 Å². The summed E-state index contributed by atoms with van der Waals surface area (Å²) in [7, 11) is -0.161. The summed E-state index contributed by atoms with van der Waals surface area (Å²) in [5, 5.41) is 3.88. The second kappa shape index (κ2) is 9.64. The van der Waals surface area contributed by atoms with E-state index >= 15 is 0 Å². The van der Waals surface area contributed by atoms with Gasteiger partial charge in [0.1, 0.15) is 5.82 Å². The molecule has 6 rings (SSSR count). The molecule has 190 valence electrons. The van der Waals surface area contributed by atoms with Crippen LogP contribution in [0.15, 0.2) is 51.7 Å². The number of fused-ring (bicyclic) bond motifs is 2. The number of hydrogen-bond acceptors (Lipinski definition) is 7. The first kappa shape index (κ1) is 23.7. The zero-order valence-corrected chi connectivity index (χ0v) is 20.8. The van der Waals surface area contributed by atoms with Crippen molar-refractivity contribution >= 4 is 33.4 Å². The monoisotopic (exact) mass is 512 g/mol. The fourth-order valence-electron chi connectivity index (χ4n) is 4.68. The molecule has 36 heavy (non-hydrogen) atoms. The van der Waals surface area contributed by atoms with Crippen LogP contribution in [0.1, 0.15) is 36.8 Å². The molecule has 0 bridgehead atoms. The Labute approximate surface area is 211 Å². The average Bonchev–Trinajstić information content (AvgIpc) is 3.02. The normalized spacial score (nSPS) is 21.7. The van der Waals surface area contributed by atoms with E-state index < -0.39 is 12.0 Å². The number of nitrogens with one attached hydrogen (secondary N) is 1. The highest BCUT2D eigenvalue weighted by molar-refractivity contribution is 7.87. The first-order chi connectivity index (χ1) is 17.5. The maximum Gasteiger partial charge on any atom is 0.263 e. The van der Waals surface area contributed by atoms with Crippen molar-refractivity contribution < 1.29 is 13.5 Å². The average molecular weight is 513 g/mol. The van der Waals surface area contributed by atoms with Crippen LogP contribution in [0.2, 0.25) is 0 Å². The molecular weight excluding hydrogens is 482 g/mol. The summed E-state index contributed by atoms with van der Waals surface area (Å²) in [6, 6.07) is 13.5. The summed E-state index contributed by atoms with van der Waals surface area (Å²) in [4.78, 5) is 13.1. The molecule has 3 aliphatic rings. The second-order valence-corrected chi connectivity index (χ2v) is 11.7. The zero-order valence-electron chi connectivity index (χ0n) is 20.0. The molecule has 2 fully saturated rings. The minimum atomic E-state index is -2.57. The van der Waals surface area contributed by atoms with E-state index in [1.54, 1.807) is 6.07 Å². The number of aromatic nitrogens is 2. The van der Waals surface area contributed by atoms with Gasteiger partial charge in [0, 0.05) is 41.2 Å². The number of nitrogens with zero attached hydrogens (tertiary/aromatic N) is 4. The predicted octanol–water partition coefficient (Wildman–Crippen LogP) is 4.44. The molecule has 3 heterocycles. The fourth-order valence-corrected chi connectivity index (χ4v) is 6.75. The molecule has 1 unspecified atom stereocenters. The SMILES string of the molecule is NC1(CNc2nc(N3CCS(=NC4CCC4)c4ccccc4C3)nc3ccc(C(F)F)cc23)COC1. The highest BCUT2D eigenvalue weighted by Crippen LogP contribution is 2.32. The van der Waals surface area contributed by atoms with E-state index in [0.717, 1.165) is 12.3 Å². The van der Waals surface area contributed by atoms with Crippen molar-refractivity contribution in [3.63, 3.8) is 0 Å². The lowest BCUT2D eigenvalue weighted by Gasteiger charge is -2.38. The predicted molar refractivity (Wildman–Crippen MR) is 139 cm³/mol. The molecule has 2 aromatic carbocycles. The summed E-state index contributed by atoms with van der Waals surface area (Å²) in [6.45, 7) is 2.78. The third-order valence-corrected chi connectivity index (χ3v) is 9.15. The van der Waals surface area contributed by atoms with Gasteiger partial charge in [-0.15, -0.1) is 0 Å². The molecule has 0 amide bonds. The number of hydrogen-bond donors (Lipinski definition) is 2. The molecule has 1 saturated carbocycles. The van der Waals surface area contributed by atoms with E-state index in [1.807, 2.05) is 0 Å². The lowest BCUT2D eigenvalue weighted by Crippen LogP contribution is -2.61. The number of halogens is 2. The van der Waals surface area contributed by atoms with Crippen LogP contribution in [-0.4, -0.2) is 53.6 Å². The van der Waals surface area contributed by atoms with Crippen molar-refractivity contribution in [2.24, 2.45) is 10.1 Å². The quantitative estimate of drug-likeness (QED) is 0.508. The minimum Gasteiger partial charge on any atom is -0.377 e. The van der Waals surface area contributed by atoms with E-state index in [0.29, 0.717) is 55.0 Å². The van der Waals surface area contributed by atoms with E-state index in [-0.39, 0.29) is 16.3 Å². The van der Waals surface area contributed by atoms with Crippen LogP contribution < -0.4 is 16.0 Å². The van der Waals surface area contributed by atoms with Gasteiger partial charge in [0.15, 0.2) is 0 Å². The minimum absolute atomic E-state index is 0.0540. The Bertz CT molecular complexity index is 1310. The molecule has 10 heteroatoms. The van der Waals surface area contributed by atoms with Crippen molar-refractivity contribution in [2.75, 3.05) is 42.3 Å². The van der Waals surface area contributed by atoms with Gasteiger partial charge in [-0.2, -0.15) is 4.98 Å². The number of nitrogens with two attached hydrogens (primary N) is 1. The van der Waals surface area contributed by atoms with Gasteiger partial charge in [-0.3, -0.25) is 4.36 Å². The molecule has 1 atom stereocenters. The molecule has 0 spiro atoms. The summed E-state index contributed by atoms with van der Waals surface area (Å²) in [5.74, 6) is 2.00. The maximum atomic E-state index is 13.5. The number of benzene rings is 2. The molecule has 1 aliphatic carbocycles. The van der Waals surface area contributed by atoms with Crippen molar-refractivity contribution in [1.82, 2.24) is 9.97 Å². The molecular formula is C26H30F2N6OS. The van der Waals surface area contributed by atoms with Gasteiger partial charge in [-0.1, -0.05) is 35.0 Å². The summed E-state index contributed by atoms with van der Waals surface area (Å²) in [6.07, 6.45) is 1.07. The molecule has 3 N–H and O–H groups in total. The van der Waals surface area contributed by atoms with Crippen LogP contribution in [0.4, 0.5) is 20.5 Å². The molecule has 2 aliphatic heterocycles. The zero-order chi connectivity index (χ0) is 24.7. The van der Waals surface area contributed by atoms with Gasteiger partial charge >= 0.3 is 0 Å². The summed E-state index contributed by atoms with van der Waals surface area (Å²) < 4.78 is 37.4. The Hall–Kier alpha value is -2.69. The van der Waals surface area contributed by atoms with Crippen LogP contribution in [0.25, 0.3) is 10.9 Å². The van der Waals surface area contributed by atoms with E-state index in [9.17, 15) is 8.78 Å². The third kappa shape index (κ3) is 4.69. The number of ether oxygens (including phenoxy) is 1. The van der Waals surface area contributed by atoms with Gasteiger partial charge in [-0.05, 0) is 43.0 Å². The fraction of sp³-hybridized carbons (Fsp3) is 0.462. The lowest BCUT2D eigenvalue weighted by molar-refractivity contribution is -0.0461. The third-order valence-electron chi connectivity index (χ3n) is 7.12. The number of rotatable bonds is 6. The second-order valence-electron chi connectivity index (χ2n) is 9.95. The van der Waals surface area contributed by atoms with Gasteiger partial charge in [0.25, 0.3) is 6.43 Å². The Kier molecular flexibility index (Phi) is 6.35. The molecule has 7 nitrogen and oxygen atoms in total. The first-order valence-electron chi connectivity index (χ1n) is 12.4. The van der Waals surface area contributed by atoms with Crippen LogP contribution in [0.5, 0.6) is 0 Å².